The van der Waals surface area contributed by atoms with Crippen molar-refractivity contribution in [1.82, 2.24) is 5.32 Å². The summed E-state index contributed by atoms with van der Waals surface area (Å²) < 4.78 is 6.54. The SMILES string of the molecule is c1ccc(C2=NC(c3cccc(-c4ccc5ccccc5c4)c3)N=C(c3cc(-c4ccc5ccccc5c4)c4c(c3)oc3ccccc34)N2)cc1. The van der Waals surface area contributed by atoms with Gasteiger partial charge in [-0.25, -0.2) is 9.98 Å². The van der Waals surface area contributed by atoms with Crippen molar-refractivity contribution >= 4 is 55.2 Å². The Balaban J connectivity index is 1.14. The smallest absolute Gasteiger partial charge is 0.169 e. The molecule has 0 bridgehead atoms. The third kappa shape index (κ3) is 5.25. The van der Waals surface area contributed by atoms with Crippen molar-refractivity contribution in [2.75, 3.05) is 0 Å². The van der Waals surface area contributed by atoms with Crippen LogP contribution in [0.2, 0.25) is 0 Å². The van der Waals surface area contributed by atoms with E-state index in [1.165, 1.54) is 21.5 Å². The van der Waals surface area contributed by atoms with Gasteiger partial charge in [0.25, 0.3) is 0 Å². The molecule has 1 unspecified atom stereocenters. The summed E-state index contributed by atoms with van der Waals surface area (Å²) in [7, 11) is 0. The summed E-state index contributed by atoms with van der Waals surface area (Å²) in [6.07, 6.45) is -0.452. The van der Waals surface area contributed by atoms with Gasteiger partial charge in [0.05, 0.1) is 0 Å². The highest BCUT2D eigenvalue weighted by Gasteiger charge is 2.23. The van der Waals surface area contributed by atoms with Crippen molar-refractivity contribution in [3.05, 3.63) is 193 Å². The molecule has 1 N–H and O–H groups in total. The summed E-state index contributed by atoms with van der Waals surface area (Å²) in [5.41, 5.74) is 9.15. The van der Waals surface area contributed by atoms with Crippen LogP contribution < -0.4 is 5.32 Å². The van der Waals surface area contributed by atoms with Crippen LogP contribution in [0.25, 0.3) is 65.7 Å². The van der Waals surface area contributed by atoms with Gasteiger partial charge in [-0.1, -0.05) is 140 Å². The number of rotatable bonds is 5. The first-order chi connectivity index (χ1) is 25.2. The highest BCUT2D eigenvalue weighted by Crippen LogP contribution is 2.39. The van der Waals surface area contributed by atoms with Gasteiger partial charge in [-0.2, -0.15) is 0 Å². The maximum atomic E-state index is 6.54. The number of aliphatic imine (C=N–C) groups is 2. The molecule has 2 heterocycles. The topological polar surface area (TPSA) is 49.9 Å². The highest BCUT2D eigenvalue weighted by atomic mass is 16.3. The van der Waals surface area contributed by atoms with Crippen LogP contribution in [-0.4, -0.2) is 11.7 Å². The molecule has 240 valence electrons. The van der Waals surface area contributed by atoms with Crippen LogP contribution in [0.4, 0.5) is 0 Å². The molecule has 10 rings (SSSR count). The van der Waals surface area contributed by atoms with E-state index in [1.54, 1.807) is 0 Å². The van der Waals surface area contributed by atoms with E-state index >= 15 is 0 Å². The minimum absolute atomic E-state index is 0.452. The van der Waals surface area contributed by atoms with E-state index in [1.807, 2.05) is 30.3 Å². The molecule has 1 aliphatic rings. The van der Waals surface area contributed by atoms with Gasteiger partial charge in [-0.05, 0) is 85.8 Å². The van der Waals surface area contributed by atoms with Crippen LogP contribution in [0.1, 0.15) is 22.9 Å². The van der Waals surface area contributed by atoms with E-state index in [4.69, 9.17) is 14.4 Å². The summed E-state index contributed by atoms with van der Waals surface area (Å²) in [5.74, 6) is 1.52. The predicted molar refractivity (Wildman–Crippen MR) is 211 cm³/mol. The number of hydrogen-bond donors (Lipinski definition) is 1. The number of nitrogens with one attached hydrogen (secondary N) is 1. The summed E-state index contributed by atoms with van der Waals surface area (Å²) in [5, 5.41) is 10.7. The molecule has 1 atom stereocenters. The molecular weight excluding hydrogens is 623 g/mol. The molecule has 0 saturated heterocycles. The summed E-state index contributed by atoms with van der Waals surface area (Å²) in [6.45, 7) is 0. The molecule has 8 aromatic carbocycles. The first-order valence-corrected chi connectivity index (χ1v) is 17.3. The Kier molecular flexibility index (Phi) is 6.85. The largest absolute Gasteiger partial charge is 0.456 e. The van der Waals surface area contributed by atoms with Gasteiger partial charge in [-0.15, -0.1) is 0 Å². The second-order valence-corrected chi connectivity index (χ2v) is 13.1. The van der Waals surface area contributed by atoms with Crippen LogP contribution in [-0.2, 0) is 0 Å². The maximum absolute atomic E-state index is 6.54. The van der Waals surface area contributed by atoms with Crippen LogP contribution >= 0.6 is 0 Å². The lowest BCUT2D eigenvalue weighted by Crippen LogP contribution is -2.36. The Bertz CT molecular complexity index is 2850. The van der Waals surface area contributed by atoms with Crippen LogP contribution in [0.15, 0.2) is 190 Å². The quantitative estimate of drug-likeness (QED) is 0.201. The van der Waals surface area contributed by atoms with Crippen LogP contribution in [0, 0.1) is 0 Å². The van der Waals surface area contributed by atoms with Crippen molar-refractivity contribution in [1.29, 1.82) is 0 Å². The van der Waals surface area contributed by atoms with Gasteiger partial charge in [0.2, 0.25) is 0 Å². The molecule has 0 amide bonds. The number of hydrogen-bond acceptors (Lipinski definition) is 4. The van der Waals surface area contributed by atoms with E-state index in [-0.39, 0.29) is 0 Å². The fourth-order valence-corrected chi connectivity index (χ4v) is 7.31. The molecule has 0 saturated carbocycles. The van der Waals surface area contributed by atoms with E-state index in [0.717, 1.165) is 72.6 Å². The third-order valence-corrected chi connectivity index (χ3v) is 9.87. The molecule has 51 heavy (non-hydrogen) atoms. The Morgan fingerprint density at radius 1 is 0.412 bits per heavy atom. The zero-order valence-electron chi connectivity index (χ0n) is 27.6. The van der Waals surface area contributed by atoms with Crippen molar-refractivity contribution in [3.8, 4) is 22.3 Å². The molecule has 0 spiro atoms. The first-order valence-electron chi connectivity index (χ1n) is 17.3. The molecule has 0 radical (unpaired) electrons. The number of fused-ring (bicyclic) bond motifs is 5. The molecule has 9 aromatic rings. The lowest BCUT2D eigenvalue weighted by atomic mass is 9.94. The lowest BCUT2D eigenvalue weighted by molar-refractivity contribution is 0.669. The Morgan fingerprint density at radius 2 is 1.02 bits per heavy atom. The Morgan fingerprint density at radius 3 is 1.80 bits per heavy atom. The van der Waals surface area contributed by atoms with Gasteiger partial charge in [0.15, 0.2) is 6.17 Å². The second-order valence-electron chi connectivity index (χ2n) is 13.1. The molecular formula is C47H31N3O. The standard InChI is InChI=1S/C47H31N3O/c1-2-13-32(14-3-1)45-48-46(38-18-10-17-35(27-38)36-23-21-30-11-4-6-15-33(30)25-36)50-47(49-45)39-28-41(37-24-22-31-12-5-7-16-34(31)26-37)44-40-19-8-9-20-42(40)51-43(44)29-39/h1-29,46H,(H,48,49,50). The summed E-state index contributed by atoms with van der Waals surface area (Å²) in [6, 6.07) is 61.8. The predicted octanol–water partition coefficient (Wildman–Crippen LogP) is 11.7. The van der Waals surface area contributed by atoms with Crippen LogP contribution in [0.5, 0.6) is 0 Å². The molecule has 0 aliphatic carbocycles. The third-order valence-electron chi connectivity index (χ3n) is 9.87. The molecule has 4 heteroatoms. The molecule has 4 nitrogen and oxygen atoms in total. The summed E-state index contributed by atoms with van der Waals surface area (Å²) in [4.78, 5) is 10.5. The number of benzene rings is 8. The average Bonchev–Trinajstić information content (AvgIpc) is 3.59. The van der Waals surface area contributed by atoms with Crippen molar-refractivity contribution in [2.24, 2.45) is 9.98 Å². The van der Waals surface area contributed by atoms with Gasteiger partial charge in [0.1, 0.15) is 22.8 Å². The van der Waals surface area contributed by atoms with Gasteiger partial charge >= 0.3 is 0 Å². The van der Waals surface area contributed by atoms with Crippen LogP contribution in [0.3, 0.4) is 0 Å². The lowest BCUT2D eigenvalue weighted by Gasteiger charge is -2.23. The fraction of sp³-hybridized carbons (Fsp3) is 0.0213. The van der Waals surface area contributed by atoms with E-state index < -0.39 is 6.17 Å². The first kappa shape index (κ1) is 29.2. The second kappa shape index (κ2) is 12.0. The van der Waals surface area contributed by atoms with Gasteiger partial charge in [-0.3, -0.25) is 0 Å². The van der Waals surface area contributed by atoms with Gasteiger partial charge in [0, 0.05) is 21.9 Å². The number of amidine groups is 2. The normalized spacial score (nSPS) is 14.5. The number of nitrogens with zero attached hydrogens (tertiary/aromatic N) is 2. The van der Waals surface area contributed by atoms with E-state index in [0.29, 0.717) is 0 Å². The van der Waals surface area contributed by atoms with Crippen molar-refractivity contribution < 1.29 is 4.42 Å². The average molecular weight is 654 g/mol. The van der Waals surface area contributed by atoms with Crippen molar-refractivity contribution in [2.45, 2.75) is 6.17 Å². The highest BCUT2D eigenvalue weighted by molar-refractivity contribution is 6.20. The number of furan rings is 1. The maximum Gasteiger partial charge on any atom is 0.169 e. The zero-order chi connectivity index (χ0) is 33.7. The van der Waals surface area contributed by atoms with Crippen molar-refractivity contribution in [3.63, 3.8) is 0 Å². The zero-order valence-corrected chi connectivity index (χ0v) is 27.6. The minimum Gasteiger partial charge on any atom is -0.456 e. The van der Waals surface area contributed by atoms with E-state index in [9.17, 15) is 0 Å². The number of para-hydroxylation sites is 1. The fourth-order valence-electron chi connectivity index (χ4n) is 7.31. The minimum atomic E-state index is -0.452. The monoisotopic (exact) mass is 653 g/mol. The Labute approximate surface area is 295 Å². The Hall–Kier alpha value is -6.78. The van der Waals surface area contributed by atoms with E-state index in [2.05, 4.69) is 151 Å². The van der Waals surface area contributed by atoms with Gasteiger partial charge < -0.3 is 9.73 Å². The molecule has 1 aromatic heterocycles. The molecule has 1 aliphatic heterocycles. The molecule has 0 fully saturated rings. The summed E-state index contributed by atoms with van der Waals surface area (Å²) >= 11 is 0.